The van der Waals surface area contributed by atoms with Crippen molar-refractivity contribution in [2.45, 2.75) is 11.8 Å². The highest BCUT2D eigenvalue weighted by Crippen LogP contribution is 2.20. The highest BCUT2D eigenvalue weighted by atomic mass is 32.2. The number of benzene rings is 1. The van der Waals surface area contributed by atoms with Crippen LogP contribution in [0.5, 0.6) is 0 Å². The first-order valence-corrected chi connectivity index (χ1v) is 6.58. The summed E-state index contributed by atoms with van der Waals surface area (Å²) in [5.41, 5.74) is 5.00. The van der Waals surface area contributed by atoms with Gasteiger partial charge in [-0.15, -0.1) is 0 Å². The van der Waals surface area contributed by atoms with Gasteiger partial charge in [0.1, 0.15) is 10.7 Å². The highest BCUT2D eigenvalue weighted by Gasteiger charge is 2.18. The molecule has 0 unspecified atom stereocenters. The number of hydrogen-bond acceptors (Lipinski definition) is 4. The van der Waals surface area contributed by atoms with E-state index in [1.54, 1.807) is 6.92 Å². The van der Waals surface area contributed by atoms with E-state index in [1.165, 1.54) is 12.1 Å². The van der Waals surface area contributed by atoms with Crippen LogP contribution in [0.4, 0.5) is 10.1 Å². The molecule has 0 radical (unpaired) electrons. The van der Waals surface area contributed by atoms with E-state index in [4.69, 9.17) is 10.5 Å². The fourth-order valence-corrected chi connectivity index (χ4v) is 2.37. The minimum absolute atomic E-state index is 0.117. The number of anilines is 1. The predicted octanol–water partition coefficient (Wildman–Crippen LogP) is 0.723. The minimum atomic E-state index is -3.79. The maximum Gasteiger partial charge on any atom is 0.242 e. The Labute approximate surface area is 99.8 Å². The number of hydrogen-bond donors (Lipinski definition) is 2. The molecule has 0 fully saturated rings. The van der Waals surface area contributed by atoms with E-state index < -0.39 is 15.8 Å². The van der Waals surface area contributed by atoms with E-state index in [2.05, 4.69) is 4.72 Å². The summed E-state index contributed by atoms with van der Waals surface area (Å²) in [6.45, 7) is 2.68. The first-order valence-electron chi connectivity index (χ1n) is 5.10. The minimum Gasteiger partial charge on any atom is -0.395 e. The Balaban J connectivity index is 2.79. The molecule has 3 N–H and O–H groups in total. The molecule has 0 bridgehead atoms. The Morgan fingerprint density at radius 2 is 2.18 bits per heavy atom. The number of rotatable bonds is 6. The van der Waals surface area contributed by atoms with Gasteiger partial charge in [0.15, 0.2) is 0 Å². The van der Waals surface area contributed by atoms with Crippen LogP contribution in [-0.4, -0.2) is 28.2 Å². The lowest BCUT2D eigenvalue weighted by Crippen LogP contribution is -2.28. The molecule has 5 nitrogen and oxygen atoms in total. The molecule has 0 spiro atoms. The van der Waals surface area contributed by atoms with Crippen molar-refractivity contribution in [3.63, 3.8) is 0 Å². The highest BCUT2D eigenvalue weighted by molar-refractivity contribution is 7.89. The zero-order chi connectivity index (χ0) is 12.9. The van der Waals surface area contributed by atoms with Crippen molar-refractivity contribution < 1.29 is 17.5 Å². The van der Waals surface area contributed by atoms with Gasteiger partial charge in [0, 0.05) is 13.2 Å². The van der Waals surface area contributed by atoms with Crippen molar-refractivity contribution in [3.05, 3.63) is 24.0 Å². The van der Waals surface area contributed by atoms with Crippen LogP contribution < -0.4 is 10.5 Å². The first kappa shape index (κ1) is 13.9. The van der Waals surface area contributed by atoms with Crippen molar-refractivity contribution in [1.82, 2.24) is 4.72 Å². The smallest absolute Gasteiger partial charge is 0.242 e. The second-order valence-electron chi connectivity index (χ2n) is 3.25. The normalized spacial score (nSPS) is 11.6. The van der Waals surface area contributed by atoms with Crippen molar-refractivity contribution in [1.29, 1.82) is 0 Å². The van der Waals surface area contributed by atoms with Gasteiger partial charge >= 0.3 is 0 Å². The van der Waals surface area contributed by atoms with Gasteiger partial charge in [-0.2, -0.15) is 0 Å². The van der Waals surface area contributed by atoms with Gasteiger partial charge in [0.25, 0.3) is 0 Å². The lowest BCUT2D eigenvalue weighted by atomic mass is 10.3. The van der Waals surface area contributed by atoms with Crippen LogP contribution in [0.3, 0.4) is 0 Å². The van der Waals surface area contributed by atoms with Crippen molar-refractivity contribution >= 4 is 15.7 Å². The molecule has 1 aromatic carbocycles. The van der Waals surface area contributed by atoms with Crippen LogP contribution in [-0.2, 0) is 14.8 Å². The van der Waals surface area contributed by atoms with E-state index in [1.807, 2.05) is 0 Å². The lowest BCUT2D eigenvalue weighted by molar-refractivity contribution is 0.153. The van der Waals surface area contributed by atoms with Gasteiger partial charge in [0.05, 0.1) is 12.3 Å². The standard InChI is InChI=1S/C10H15FN2O3S/c1-2-16-7-6-13-17(14,15)9-5-3-4-8(11)10(9)12/h3-5,13H,2,6-7,12H2,1H3. The van der Waals surface area contributed by atoms with Gasteiger partial charge in [-0.1, -0.05) is 6.07 Å². The van der Waals surface area contributed by atoms with Crippen LogP contribution in [0.1, 0.15) is 6.92 Å². The van der Waals surface area contributed by atoms with Gasteiger partial charge in [0.2, 0.25) is 10.0 Å². The van der Waals surface area contributed by atoms with Crippen molar-refractivity contribution in [2.75, 3.05) is 25.5 Å². The van der Waals surface area contributed by atoms with E-state index in [-0.39, 0.29) is 23.7 Å². The summed E-state index contributed by atoms with van der Waals surface area (Å²) < 4.78 is 43.9. The van der Waals surface area contributed by atoms with Crippen molar-refractivity contribution in [2.24, 2.45) is 0 Å². The number of para-hydroxylation sites is 1. The predicted molar refractivity (Wildman–Crippen MR) is 62.5 cm³/mol. The fraction of sp³-hybridized carbons (Fsp3) is 0.400. The Morgan fingerprint density at radius 1 is 1.47 bits per heavy atom. The van der Waals surface area contributed by atoms with E-state index in [9.17, 15) is 12.8 Å². The Bertz CT molecular complexity index is 476. The Morgan fingerprint density at radius 3 is 2.82 bits per heavy atom. The average Bonchev–Trinajstić information content (AvgIpc) is 2.28. The third-order valence-electron chi connectivity index (χ3n) is 2.05. The number of nitrogens with one attached hydrogen (secondary N) is 1. The van der Waals surface area contributed by atoms with E-state index in [0.29, 0.717) is 6.61 Å². The van der Waals surface area contributed by atoms with Crippen LogP contribution in [0, 0.1) is 5.82 Å². The molecule has 1 rings (SSSR count). The fourth-order valence-electron chi connectivity index (χ4n) is 1.22. The SMILES string of the molecule is CCOCCNS(=O)(=O)c1cccc(F)c1N. The molecule has 1 aromatic rings. The topological polar surface area (TPSA) is 81.4 Å². The second-order valence-corrected chi connectivity index (χ2v) is 4.98. The zero-order valence-electron chi connectivity index (χ0n) is 9.44. The molecule has 7 heteroatoms. The Kier molecular flexibility index (Phi) is 4.86. The first-order chi connectivity index (χ1) is 7.99. The third kappa shape index (κ3) is 3.65. The number of ether oxygens (including phenoxy) is 1. The molecular formula is C10H15FN2O3S. The second kappa shape index (κ2) is 5.95. The van der Waals surface area contributed by atoms with E-state index >= 15 is 0 Å². The monoisotopic (exact) mass is 262 g/mol. The largest absolute Gasteiger partial charge is 0.395 e. The van der Waals surface area contributed by atoms with Crippen LogP contribution in [0.15, 0.2) is 23.1 Å². The molecule has 0 amide bonds. The van der Waals surface area contributed by atoms with Gasteiger partial charge in [-0.05, 0) is 19.1 Å². The van der Waals surface area contributed by atoms with E-state index in [0.717, 1.165) is 6.07 Å². The van der Waals surface area contributed by atoms with Crippen LogP contribution >= 0.6 is 0 Å². The average molecular weight is 262 g/mol. The number of sulfonamides is 1. The summed E-state index contributed by atoms with van der Waals surface area (Å²) >= 11 is 0. The van der Waals surface area contributed by atoms with Gasteiger partial charge < -0.3 is 10.5 Å². The molecule has 0 heterocycles. The molecular weight excluding hydrogens is 247 g/mol. The molecule has 96 valence electrons. The van der Waals surface area contributed by atoms with Gasteiger partial charge in [-0.25, -0.2) is 17.5 Å². The van der Waals surface area contributed by atoms with Crippen LogP contribution in [0.25, 0.3) is 0 Å². The lowest BCUT2D eigenvalue weighted by Gasteiger charge is -2.09. The molecule has 0 saturated heterocycles. The Hall–Kier alpha value is -1.18. The maximum absolute atomic E-state index is 13.1. The zero-order valence-corrected chi connectivity index (χ0v) is 10.3. The summed E-state index contributed by atoms with van der Waals surface area (Å²) in [7, 11) is -3.79. The summed E-state index contributed by atoms with van der Waals surface area (Å²) in [5, 5.41) is 0. The summed E-state index contributed by atoms with van der Waals surface area (Å²) in [6.07, 6.45) is 0. The number of nitrogens with two attached hydrogens (primary N) is 1. The summed E-state index contributed by atoms with van der Waals surface area (Å²) in [6, 6.07) is 3.65. The van der Waals surface area contributed by atoms with Gasteiger partial charge in [-0.3, -0.25) is 0 Å². The molecule has 0 aliphatic heterocycles. The maximum atomic E-state index is 13.1. The molecule has 0 aliphatic carbocycles. The molecule has 0 saturated carbocycles. The number of halogens is 1. The molecule has 0 atom stereocenters. The number of nitrogen functional groups attached to an aromatic ring is 1. The summed E-state index contributed by atoms with van der Waals surface area (Å²) in [4.78, 5) is -0.256. The summed E-state index contributed by atoms with van der Waals surface area (Å²) in [5.74, 6) is -0.752. The quantitative estimate of drug-likeness (QED) is 0.584. The molecule has 17 heavy (non-hydrogen) atoms. The molecule has 0 aromatic heterocycles. The molecule has 0 aliphatic rings. The van der Waals surface area contributed by atoms with Crippen LogP contribution in [0.2, 0.25) is 0 Å². The third-order valence-corrected chi connectivity index (χ3v) is 3.56. The van der Waals surface area contributed by atoms with Crippen molar-refractivity contribution in [3.8, 4) is 0 Å².